The summed E-state index contributed by atoms with van der Waals surface area (Å²) in [6, 6.07) is 9.66. The molecule has 0 saturated carbocycles. The first-order chi connectivity index (χ1) is 8.79. The number of nitrogens with one attached hydrogen (secondary N) is 1. The highest BCUT2D eigenvalue weighted by molar-refractivity contribution is 5.84. The first-order valence-electron chi connectivity index (χ1n) is 6.36. The SMILES string of the molecule is N#Cc1cccc([C@@H]2NC(=O)[C@H]3CCCCN32)c1. The number of hydrogen-bond acceptors (Lipinski definition) is 3. The lowest BCUT2D eigenvalue weighted by molar-refractivity contribution is -0.122. The van der Waals surface area contributed by atoms with Gasteiger partial charge >= 0.3 is 0 Å². The maximum Gasteiger partial charge on any atom is 0.238 e. The summed E-state index contributed by atoms with van der Waals surface area (Å²) in [6.07, 6.45) is 3.15. The van der Waals surface area contributed by atoms with E-state index >= 15 is 0 Å². The number of nitriles is 1. The Balaban J connectivity index is 1.92. The van der Waals surface area contributed by atoms with Crippen molar-refractivity contribution < 1.29 is 4.79 Å². The van der Waals surface area contributed by atoms with Crippen molar-refractivity contribution in [2.45, 2.75) is 31.5 Å². The number of piperidine rings is 1. The van der Waals surface area contributed by atoms with Gasteiger partial charge in [-0.05, 0) is 30.5 Å². The number of fused-ring (bicyclic) bond motifs is 1. The van der Waals surface area contributed by atoms with Gasteiger partial charge in [0.1, 0.15) is 6.17 Å². The molecule has 2 heterocycles. The van der Waals surface area contributed by atoms with Crippen molar-refractivity contribution in [2.24, 2.45) is 0 Å². The maximum atomic E-state index is 11.9. The molecule has 2 aliphatic rings. The lowest BCUT2D eigenvalue weighted by Crippen LogP contribution is -2.38. The summed E-state index contributed by atoms with van der Waals surface area (Å²) in [5, 5.41) is 12.0. The van der Waals surface area contributed by atoms with Gasteiger partial charge in [0, 0.05) is 6.54 Å². The molecule has 4 nitrogen and oxygen atoms in total. The number of hydrogen-bond donors (Lipinski definition) is 1. The van der Waals surface area contributed by atoms with Crippen LogP contribution >= 0.6 is 0 Å². The van der Waals surface area contributed by atoms with Crippen LogP contribution in [0.5, 0.6) is 0 Å². The first-order valence-corrected chi connectivity index (χ1v) is 6.36. The topological polar surface area (TPSA) is 56.1 Å². The van der Waals surface area contributed by atoms with Crippen LogP contribution in [0.25, 0.3) is 0 Å². The van der Waals surface area contributed by atoms with E-state index in [4.69, 9.17) is 5.26 Å². The van der Waals surface area contributed by atoms with Crippen LogP contribution in [0.3, 0.4) is 0 Å². The number of rotatable bonds is 1. The lowest BCUT2D eigenvalue weighted by atomic mass is 10.0. The second kappa shape index (κ2) is 4.43. The third-order valence-electron chi connectivity index (χ3n) is 3.79. The molecule has 3 rings (SSSR count). The minimum absolute atomic E-state index is 0.0227. The minimum atomic E-state index is -0.0592. The molecule has 0 aliphatic carbocycles. The standard InChI is InChI=1S/C14H15N3O/c15-9-10-4-3-5-11(8-10)13-16-14(18)12-6-1-2-7-17(12)13/h3-5,8,12-13H,1-2,6-7H2,(H,16,18)/t12-,13-/m1/s1. The van der Waals surface area contributed by atoms with Crippen molar-refractivity contribution in [3.05, 3.63) is 35.4 Å². The van der Waals surface area contributed by atoms with Crippen molar-refractivity contribution in [3.63, 3.8) is 0 Å². The van der Waals surface area contributed by atoms with Gasteiger partial charge in [-0.1, -0.05) is 18.6 Å². The molecule has 4 heteroatoms. The van der Waals surface area contributed by atoms with E-state index in [1.807, 2.05) is 18.2 Å². The molecule has 0 unspecified atom stereocenters. The molecule has 0 spiro atoms. The highest BCUT2D eigenvalue weighted by Gasteiger charge is 2.41. The van der Waals surface area contributed by atoms with Gasteiger partial charge in [0.2, 0.25) is 5.91 Å². The predicted molar refractivity (Wildman–Crippen MR) is 66.4 cm³/mol. The fourth-order valence-corrected chi connectivity index (χ4v) is 2.91. The molecule has 2 fully saturated rings. The molecule has 1 amide bonds. The fourth-order valence-electron chi connectivity index (χ4n) is 2.91. The van der Waals surface area contributed by atoms with Crippen LogP contribution in [0.15, 0.2) is 24.3 Å². The molecule has 2 aliphatic heterocycles. The predicted octanol–water partition coefficient (Wildman–Crippen LogP) is 1.54. The second-order valence-corrected chi connectivity index (χ2v) is 4.90. The quantitative estimate of drug-likeness (QED) is 0.811. The van der Waals surface area contributed by atoms with E-state index in [9.17, 15) is 4.79 Å². The van der Waals surface area contributed by atoms with Gasteiger partial charge in [0.15, 0.2) is 0 Å². The zero-order chi connectivity index (χ0) is 12.5. The van der Waals surface area contributed by atoms with Gasteiger partial charge in [-0.2, -0.15) is 5.26 Å². The smallest absolute Gasteiger partial charge is 0.238 e. The largest absolute Gasteiger partial charge is 0.335 e. The molecule has 0 aromatic heterocycles. The van der Waals surface area contributed by atoms with E-state index in [0.717, 1.165) is 31.4 Å². The Labute approximate surface area is 106 Å². The monoisotopic (exact) mass is 241 g/mol. The van der Waals surface area contributed by atoms with E-state index in [-0.39, 0.29) is 18.1 Å². The maximum absolute atomic E-state index is 11.9. The van der Waals surface area contributed by atoms with Crippen LogP contribution in [-0.2, 0) is 4.79 Å². The van der Waals surface area contributed by atoms with Gasteiger partial charge in [-0.3, -0.25) is 9.69 Å². The first kappa shape index (κ1) is 11.2. The third-order valence-corrected chi connectivity index (χ3v) is 3.79. The third kappa shape index (κ3) is 1.77. The zero-order valence-corrected chi connectivity index (χ0v) is 10.1. The summed E-state index contributed by atoms with van der Waals surface area (Å²) in [7, 11) is 0. The fraction of sp³-hybridized carbons (Fsp3) is 0.429. The normalized spacial score (nSPS) is 27.4. The van der Waals surface area contributed by atoms with E-state index in [2.05, 4.69) is 16.3 Å². The summed E-state index contributed by atoms with van der Waals surface area (Å²) in [5.41, 5.74) is 1.65. The van der Waals surface area contributed by atoms with E-state index in [1.54, 1.807) is 6.07 Å². The Morgan fingerprint density at radius 1 is 1.39 bits per heavy atom. The molecular weight excluding hydrogens is 226 g/mol. The summed E-state index contributed by atoms with van der Waals surface area (Å²) in [5.74, 6) is 0.127. The summed E-state index contributed by atoms with van der Waals surface area (Å²) in [6.45, 7) is 0.949. The number of carbonyl (C=O) groups excluding carboxylic acids is 1. The second-order valence-electron chi connectivity index (χ2n) is 4.90. The van der Waals surface area contributed by atoms with Crippen LogP contribution in [-0.4, -0.2) is 23.4 Å². The number of nitrogens with zero attached hydrogens (tertiary/aromatic N) is 2. The van der Waals surface area contributed by atoms with E-state index in [1.165, 1.54) is 0 Å². The summed E-state index contributed by atoms with van der Waals surface area (Å²) < 4.78 is 0. The minimum Gasteiger partial charge on any atom is -0.335 e. The number of carbonyl (C=O) groups is 1. The summed E-state index contributed by atoms with van der Waals surface area (Å²) in [4.78, 5) is 14.2. The molecule has 0 radical (unpaired) electrons. The van der Waals surface area contributed by atoms with Gasteiger partial charge in [0.05, 0.1) is 17.7 Å². The molecule has 1 aromatic rings. The molecule has 1 aromatic carbocycles. The molecular formula is C14H15N3O. The molecule has 0 bridgehead atoms. The van der Waals surface area contributed by atoms with E-state index < -0.39 is 0 Å². The molecule has 1 N–H and O–H groups in total. The Hall–Kier alpha value is -1.86. The Morgan fingerprint density at radius 3 is 3.11 bits per heavy atom. The van der Waals surface area contributed by atoms with Crippen molar-refractivity contribution in [1.29, 1.82) is 5.26 Å². The van der Waals surface area contributed by atoms with Crippen LogP contribution in [0.4, 0.5) is 0 Å². The van der Waals surface area contributed by atoms with Crippen LogP contribution in [0.2, 0.25) is 0 Å². The molecule has 2 saturated heterocycles. The van der Waals surface area contributed by atoms with Gasteiger partial charge < -0.3 is 5.32 Å². The van der Waals surface area contributed by atoms with E-state index in [0.29, 0.717) is 5.56 Å². The lowest BCUT2D eigenvalue weighted by Gasteiger charge is -2.31. The molecule has 92 valence electrons. The number of benzene rings is 1. The highest BCUT2D eigenvalue weighted by atomic mass is 16.2. The van der Waals surface area contributed by atoms with Crippen molar-refractivity contribution in [1.82, 2.24) is 10.2 Å². The zero-order valence-electron chi connectivity index (χ0n) is 10.1. The Kier molecular flexibility index (Phi) is 2.77. The molecule has 2 atom stereocenters. The van der Waals surface area contributed by atoms with Crippen LogP contribution < -0.4 is 5.32 Å². The Bertz CT molecular complexity index is 520. The van der Waals surface area contributed by atoms with Crippen molar-refractivity contribution in [3.8, 4) is 6.07 Å². The van der Waals surface area contributed by atoms with Crippen LogP contribution in [0.1, 0.15) is 36.6 Å². The number of amides is 1. The highest BCUT2D eigenvalue weighted by Crippen LogP contribution is 2.32. The molecule has 18 heavy (non-hydrogen) atoms. The average molecular weight is 241 g/mol. The van der Waals surface area contributed by atoms with Gasteiger partial charge in [0.25, 0.3) is 0 Å². The van der Waals surface area contributed by atoms with Gasteiger partial charge in [-0.25, -0.2) is 0 Å². The Morgan fingerprint density at radius 2 is 2.28 bits per heavy atom. The van der Waals surface area contributed by atoms with Gasteiger partial charge in [-0.15, -0.1) is 0 Å². The van der Waals surface area contributed by atoms with Crippen molar-refractivity contribution >= 4 is 5.91 Å². The summed E-state index contributed by atoms with van der Waals surface area (Å²) >= 11 is 0. The average Bonchev–Trinajstić information content (AvgIpc) is 2.77. The van der Waals surface area contributed by atoms with Crippen LogP contribution in [0, 0.1) is 11.3 Å². The van der Waals surface area contributed by atoms with Crippen molar-refractivity contribution in [2.75, 3.05) is 6.54 Å².